The highest BCUT2D eigenvalue weighted by Crippen LogP contribution is 2.13. The molecule has 0 bridgehead atoms. The van der Waals surface area contributed by atoms with E-state index in [1.807, 2.05) is 30.3 Å². The fourth-order valence-electron chi connectivity index (χ4n) is 1.57. The van der Waals surface area contributed by atoms with Crippen LogP contribution in [0.1, 0.15) is 0 Å². The number of amides is 1. The highest BCUT2D eigenvalue weighted by atomic mass is 19.1. The summed E-state index contributed by atoms with van der Waals surface area (Å²) in [5.41, 5.74) is 0.801. The molecule has 0 spiro atoms. The third kappa shape index (κ3) is 3.55. The minimum atomic E-state index is -0.333. The molecule has 0 radical (unpaired) electrons. The third-order valence-electron chi connectivity index (χ3n) is 2.69. The molecule has 0 unspecified atom stereocenters. The van der Waals surface area contributed by atoms with Gasteiger partial charge in [0.15, 0.2) is 6.61 Å². The zero-order valence-electron chi connectivity index (χ0n) is 10.5. The van der Waals surface area contributed by atoms with E-state index in [0.29, 0.717) is 5.75 Å². The molecule has 98 valence electrons. The number of hydrogen-bond donors (Lipinski definition) is 0. The summed E-state index contributed by atoms with van der Waals surface area (Å²) in [5.74, 6) is -0.0354. The Bertz CT molecular complexity index is 540. The van der Waals surface area contributed by atoms with Gasteiger partial charge in [-0.2, -0.15) is 0 Å². The van der Waals surface area contributed by atoms with Gasteiger partial charge in [0.05, 0.1) is 0 Å². The Morgan fingerprint density at radius 2 is 1.74 bits per heavy atom. The fourth-order valence-corrected chi connectivity index (χ4v) is 1.57. The first-order valence-electron chi connectivity index (χ1n) is 5.87. The summed E-state index contributed by atoms with van der Waals surface area (Å²) in [5, 5.41) is 0. The zero-order valence-corrected chi connectivity index (χ0v) is 10.5. The molecule has 2 aromatic carbocycles. The van der Waals surface area contributed by atoms with Gasteiger partial charge in [0.25, 0.3) is 5.91 Å². The van der Waals surface area contributed by atoms with Gasteiger partial charge in [-0.15, -0.1) is 0 Å². The maximum atomic E-state index is 12.7. The number of nitrogens with zero attached hydrogens (tertiary/aromatic N) is 1. The standard InChI is InChI=1S/C15H14FNO2/c1-17(13-5-3-2-4-6-13)15(18)11-19-14-9-7-12(16)8-10-14/h2-10H,11H2,1H3. The number of benzene rings is 2. The van der Waals surface area contributed by atoms with E-state index in [1.165, 1.54) is 29.2 Å². The fraction of sp³-hybridized carbons (Fsp3) is 0.133. The SMILES string of the molecule is CN(C(=O)COc1ccc(F)cc1)c1ccccc1. The first kappa shape index (κ1) is 13.1. The summed E-state index contributed by atoms with van der Waals surface area (Å²) in [6, 6.07) is 14.9. The van der Waals surface area contributed by atoms with E-state index >= 15 is 0 Å². The first-order chi connectivity index (χ1) is 9.16. The summed E-state index contributed by atoms with van der Waals surface area (Å²) >= 11 is 0. The maximum absolute atomic E-state index is 12.7. The number of anilines is 1. The molecule has 0 N–H and O–H groups in total. The number of likely N-dealkylation sites (N-methyl/N-ethyl adjacent to an activating group) is 1. The number of carbonyl (C=O) groups is 1. The summed E-state index contributed by atoms with van der Waals surface area (Å²) < 4.78 is 18.0. The maximum Gasteiger partial charge on any atom is 0.264 e. The molecule has 0 aliphatic heterocycles. The molecule has 1 amide bonds. The van der Waals surface area contributed by atoms with Crippen LogP contribution in [0.4, 0.5) is 10.1 Å². The van der Waals surface area contributed by atoms with Crippen LogP contribution >= 0.6 is 0 Å². The van der Waals surface area contributed by atoms with Crippen molar-refractivity contribution >= 4 is 11.6 Å². The van der Waals surface area contributed by atoms with Gasteiger partial charge in [-0.05, 0) is 36.4 Å². The summed E-state index contributed by atoms with van der Waals surface area (Å²) in [6.45, 7) is -0.0863. The number of hydrogen-bond acceptors (Lipinski definition) is 2. The van der Waals surface area contributed by atoms with Crippen LogP contribution in [0.5, 0.6) is 5.75 Å². The van der Waals surface area contributed by atoms with Crippen molar-refractivity contribution in [2.24, 2.45) is 0 Å². The highest BCUT2D eigenvalue weighted by molar-refractivity contribution is 5.93. The number of carbonyl (C=O) groups excluding carboxylic acids is 1. The van der Waals surface area contributed by atoms with Crippen molar-refractivity contribution in [3.05, 3.63) is 60.4 Å². The predicted molar refractivity (Wildman–Crippen MR) is 71.7 cm³/mol. The Kier molecular flexibility index (Phi) is 4.13. The Morgan fingerprint density at radius 3 is 2.37 bits per heavy atom. The van der Waals surface area contributed by atoms with Crippen LogP contribution in [0, 0.1) is 5.82 Å². The van der Waals surface area contributed by atoms with Crippen LogP contribution in [0.25, 0.3) is 0 Å². The molecule has 0 fully saturated rings. The molecule has 0 aromatic heterocycles. The smallest absolute Gasteiger partial charge is 0.264 e. The highest BCUT2D eigenvalue weighted by Gasteiger charge is 2.11. The second-order valence-corrected chi connectivity index (χ2v) is 4.03. The minimum absolute atomic E-state index is 0.0863. The van der Waals surface area contributed by atoms with Crippen molar-refractivity contribution in [1.29, 1.82) is 0 Å². The quantitative estimate of drug-likeness (QED) is 0.845. The van der Waals surface area contributed by atoms with Crippen LogP contribution in [-0.2, 0) is 4.79 Å². The lowest BCUT2D eigenvalue weighted by atomic mass is 10.3. The lowest BCUT2D eigenvalue weighted by Gasteiger charge is -2.17. The van der Waals surface area contributed by atoms with E-state index in [9.17, 15) is 9.18 Å². The third-order valence-corrected chi connectivity index (χ3v) is 2.69. The summed E-state index contributed by atoms with van der Waals surface area (Å²) in [6.07, 6.45) is 0. The van der Waals surface area contributed by atoms with Crippen LogP contribution in [0.15, 0.2) is 54.6 Å². The molecule has 0 aliphatic rings. The molecule has 0 heterocycles. The van der Waals surface area contributed by atoms with Crippen molar-refractivity contribution < 1.29 is 13.9 Å². The van der Waals surface area contributed by atoms with E-state index in [4.69, 9.17) is 4.74 Å². The van der Waals surface area contributed by atoms with Crippen molar-refractivity contribution in [1.82, 2.24) is 0 Å². The first-order valence-corrected chi connectivity index (χ1v) is 5.87. The van der Waals surface area contributed by atoms with Crippen molar-refractivity contribution in [2.75, 3.05) is 18.6 Å². The molecular weight excluding hydrogens is 245 g/mol. The molecule has 0 saturated carbocycles. The zero-order chi connectivity index (χ0) is 13.7. The van der Waals surface area contributed by atoms with Crippen LogP contribution in [-0.4, -0.2) is 19.6 Å². The van der Waals surface area contributed by atoms with E-state index in [1.54, 1.807) is 7.05 Å². The molecule has 19 heavy (non-hydrogen) atoms. The summed E-state index contributed by atoms with van der Waals surface area (Å²) in [7, 11) is 1.69. The second-order valence-electron chi connectivity index (χ2n) is 4.03. The molecule has 0 atom stereocenters. The average molecular weight is 259 g/mol. The van der Waals surface area contributed by atoms with Gasteiger partial charge in [0.1, 0.15) is 11.6 Å². The number of halogens is 1. The van der Waals surface area contributed by atoms with Gasteiger partial charge in [0.2, 0.25) is 0 Å². The van der Waals surface area contributed by atoms with Crippen LogP contribution in [0.2, 0.25) is 0 Å². The lowest BCUT2D eigenvalue weighted by molar-refractivity contribution is -0.120. The predicted octanol–water partition coefficient (Wildman–Crippen LogP) is 2.87. The Balaban J connectivity index is 1.93. The van der Waals surface area contributed by atoms with E-state index in [2.05, 4.69) is 0 Å². The van der Waals surface area contributed by atoms with Crippen molar-refractivity contribution in [2.45, 2.75) is 0 Å². The number of ether oxygens (including phenoxy) is 1. The Morgan fingerprint density at radius 1 is 1.11 bits per heavy atom. The van der Waals surface area contributed by atoms with Crippen molar-refractivity contribution in [3.63, 3.8) is 0 Å². The van der Waals surface area contributed by atoms with Gasteiger partial charge < -0.3 is 9.64 Å². The molecule has 2 rings (SSSR count). The van der Waals surface area contributed by atoms with Gasteiger partial charge in [-0.3, -0.25) is 4.79 Å². The number of para-hydroxylation sites is 1. The average Bonchev–Trinajstić information content (AvgIpc) is 2.46. The monoisotopic (exact) mass is 259 g/mol. The molecule has 4 heteroatoms. The molecule has 3 nitrogen and oxygen atoms in total. The second kappa shape index (κ2) is 6.00. The van der Waals surface area contributed by atoms with E-state index in [-0.39, 0.29) is 18.3 Å². The molecule has 0 saturated heterocycles. The van der Waals surface area contributed by atoms with Gasteiger partial charge >= 0.3 is 0 Å². The number of rotatable bonds is 4. The van der Waals surface area contributed by atoms with Crippen LogP contribution in [0.3, 0.4) is 0 Å². The molecular formula is C15H14FNO2. The molecule has 2 aromatic rings. The minimum Gasteiger partial charge on any atom is -0.484 e. The molecule has 0 aliphatic carbocycles. The van der Waals surface area contributed by atoms with E-state index in [0.717, 1.165) is 5.69 Å². The largest absolute Gasteiger partial charge is 0.484 e. The summed E-state index contributed by atoms with van der Waals surface area (Å²) in [4.78, 5) is 13.4. The Labute approximate surface area is 111 Å². The lowest BCUT2D eigenvalue weighted by Crippen LogP contribution is -2.31. The van der Waals surface area contributed by atoms with Gasteiger partial charge in [-0.25, -0.2) is 4.39 Å². The Hall–Kier alpha value is -2.36. The van der Waals surface area contributed by atoms with Crippen LogP contribution < -0.4 is 9.64 Å². The van der Waals surface area contributed by atoms with Gasteiger partial charge in [0, 0.05) is 12.7 Å². The van der Waals surface area contributed by atoms with Gasteiger partial charge in [-0.1, -0.05) is 18.2 Å². The van der Waals surface area contributed by atoms with Crippen molar-refractivity contribution in [3.8, 4) is 5.75 Å². The normalized spacial score (nSPS) is 10.0. The topological polar surface area (TPSA) is 29.5 Å². The van der Waals surface area contributed by atoms with E-state index < -0.39 is 0 Å².